The number of benzene rings is 2. The minimum atomic E-state index is -5.47. The number of nitro groups is 4. The Morgan fingerprint density at radius 1 is 0.774 bits per heavy atom. The van der Waals surface area contributed by atoms with Crippen molar-refractivity contribution in [1.82, 2.24) is 0 Å². The third kappa shape index (κ3) is 4.33. The van der Waals surface area contributed by atoms with Gasteiger partial charge in [-0.1, -0.05) is 0 Å². The first-order chi connectivity index (χ1) is 14.3. The van der Waals surface area contributed by atoms with Crippen LogP contribution >= 0.6 is 0 Å². The van der Waals surface area contributed by atoms with Gasteiger partial charge in [0.15, 0.2) is 0 Å². The lowest BCUT2D eigenvalue weighted by molar-refractivity contribution is -0.394. The van der Waals surface area contributed by atoms with Crippen molar-refractivity contribution in [2.75, 3.05) is 4.90 Å². The summed E-state index contributed by atoms with van der Waals surface area (Å²) in [5.41, 5.74) is -9.48. The number of rotatable bonds is 7. The number of non-ortho nitro benzene ring substituents is 2. The number of amides is 1. The second-order valence-corrected chi connectivity index (χ2v) is 5.54. The molecule has 0 atom stereocenters. The van der Waals surface area contributed by atoms with Gasteiger partial charge in [0.1, 0.15) is 11.4 Å². The van der Waals surface area contributed by atoms with Crippen LogP contribution in [-0.2, 0) is 11.0 Å². The van der Waals surface area contributed by atoms with Gasteiger partial charge in [-0.05, 0) is 6.07 Å². The van der Waals surface area contributed by atoms with E-state index in [9.17, 15) is 58.4 Å². The number of carbonyl (C=O) groups is 1. The van der Waals surface area contributed by atoms with Crippen LogP contribution in [0.5, 0.6) is 0 Å². The summed E-state index contributed by atoms with van der Waals surface area (Å²) in [5, 5.41) is 44.4. The first-order valence-corrected chi connectivity index (χ1v) is 7.51. The summed E-state index contributed by atoms with van der Waals surface area (Å²) in [5.74, 6) is 0. The SMILES string of the molecule is O=CN(c1ccc([N+](=O)[O-])cc1[N+](=O)[O-])c1c([N+](=O)[O-])cc([N+](=O)[O-])cc1C(F)(F)F. The van der Waals surface area contributed by atoms with Crippen LogP contribution in [0.25, 0.3) is 0 Å². The van der Waals surface area contributed by atoms with Crippen LogP contribution in [0.3, 0.4) is 0 Å². The Hall–Kier alpha value is -4.70. The zero-order valence-corrected chi connectivity index (χ0v) is 14.5. The maximum atomic E-state index is 13.6. The van der Waals surface area contributed by atoms with E-state index in [0.717, 1.165) is 0 Å². The summed E-state index contributed by atoms with van der Waals surface area (Å²) in [6.45, 7) is 0. The highest BCUT2D eigenvalue weighted by Gasteiger charge is 2.43. The van der Waals surface area contributed by atoms with Crippen LogP contribution in [0, 0.1) is 40.5 Å². The van der Waals surface area contributed by atoms with Crippen LogP contribution in [0.1, 0.15) is 5.56 Å². The number of hydrogen-bond acceptors (Lipinski definition) is 9. The van der Waals surface area contributed by atoms with Crippen molar-refractivity contribution < 1.29 is 37.7 Å². The zero-order valence-electron chi connectivity index (χ0n) is 14.5. The molecular formula is C14H6F3N5O9. The lowest BCUT2D eigenvalue weighted by Crippen LogP contribution is -2.22. The molecule has 0 fully saturated rings. The Bertz CT molecular complexity index is 1140. The fourth-order valence-corrected chi connectivity index (χ4v) is 2.52. The van der Waals surface area contributed by atoms with Gasteiger partial charge in [0.05, 0.1) is 37.4 Å². The number of alkyl halides is 3. The van der Waals surface area contributed by atoms with Crippen molar-refractivity contribution in [3.05, 3.63) is 76.4 Å². The van der Waals surface area contributed by atoms with Crippen molar-refractivity contribution in [3.8, 4) is 0 Å². The molecule has 0 unspecified atom stereocenters. The molecule has 0 aliphatic carbocycles. The molecule has 0 bridgehead atoms. The molecule has 2 aromatic carbocycles. The highest BCUT2D eigenvalue weighted by Crippen LogP contribution is 2.47. The monoisotopic (exact) mass is 445 g/mol. The van der Waals surface area contributed by atoms with E-state index in [-0.39, 0.29) is 17.0 Å². The van der Waals surface area contributed by atoms with E-state index in [4.69, 9.17) is 0 Å². The number of hydrogen-bond donors (Lipinski definition) is 0. The van der Waals surface area contributed by atoms with E-state index in [1.807, 2.05) is 0 Å². The molecule has 0 aliphatic rings. The second kappa shape index (κ2) is 7.97. The maximum absolute atomic E-state index is 13.6. The standard InChI is InChI=1S/C14H6F3N5O9/c15-14(16,17)9-3-8(20(26)27)5-12(22(30)31)13(9)18(6-23)10-2-1-7(19(24)25)4-11(10)21(28)29/h1-6H. The van der Waals surface area contributed by atoms with E-state index in [2.05, 4.69) is 0 Å². The molecule has 0 aromatic heterocycles. The molecule has 0 N–H and O–H groups in total. The van der Waals surface area contributed by atoms with Crippen LogP contribution in [0.2, 0.25) is 0 Å². The summed E-state index contributed by atoms with van der Waals surface area (Å²) < 4.78 is 40.7. The number of nitro benzene ring substituents is 4. The van der Waals surface area contributed by atoms with Gasteiger partial charge in [-0.15, -0.1) is 0 Å². The van der Waals surface area contributed by atoms with E-state index in [1.165, 1.54) is 0 Å². The predicted octanol–water partition coefficient (Wildman–Crippen LogP) is 3.63. The molecule has 2 rings (SSSR count). The van der Waals surface area contributed by atoms with E-state index >= 15 is 0 Å². The molecule has 17 heteroatoms. The summed E-state index contributed by atoms with van der Waals surface area (Å²) in [4.78, 5) is 50.7. The van der Waals surface area contributed by atoms with Gasteiger partial charge in [0, 0.05) is 12.1 Å². The highest BCUT2D eigenvalue weighted by molar-refractivity contribution is 5.95. The summed E-state index contributed by atoms with van der Waals surface area (Å²) in [6.07, 6.45) is -5.90. The Labute approximate surface area is 166 Å². The van der Waals surface area contributed by atoms with Crippen molar-refractivity contribution >= 4 is 40.5 Å². The fourth-order valence-electron chi connectivity index (χ4n) is 2.52. The first-order valence-electron chi connectivity index (χ1n) is 7.51. The Kier molecular flexibility index (Phi) is 5.81. The molecule has 0 radical (unpaired) electrons. The third-order valence-corrected chi connectivity index (χ3v) is 3.76. The Balaban J connectivity index is 2.98. The van der Waals surface area contributed by atoms with Crippen molar-refractivity contribution in [3.63, 3.8) is 0 Å². The highest BCUT2D eigenvalue weighted by atomic mass is 19.4. The summed E-state index contributed by atoms with van der Waals surface area (Å²) >= 11 is 0. The van der Waals surface area contributed by atoms with Gasteiger partial charge < -0.3 is 0 Å². The average Bonchev–Trinajstić information content (AvgIpc) is 2.67. The largest absolute Gasteiger partial charge is 0.418 e. The fraction of sp³-hybridized carbons (Fsp3) is 0.0714. The van der Waals surface area contributed by atoms with Gasteiger partial charge in [-0.25, -0.2) is 0 Å². The molecule has 14 nitrogen and oxygen atoms in total. The smallest absolute Gasteiger partial charge is 0.278 e. The molecule has 31 heavy (non-hydrogen) atoms. The first kappa shape index (κ1) is 22.6. The van der Waals surface area contributed by atoms with Crippen LogP contribution in [0.15, 0.2) is 30.3 Å². The molecule has 2 aromatic rings. The molecule has 162 valence electrons. The molecule has 0 aliphatic heterocycles. The Morgan fingerprint density at radius 3 is 1.71 bits per heavy atom. The molecule has 0 spiro atoms. The molecular weight excluding hydrogens is 439 g/mol. The average molecular weight is 445 g/mol. The van der Waals surface area contributed by atoms with E-state index in [1.54, 1.807) is 0 Å². The van der Waals surface area contributed by atoms with Gasteiger partial charge in [-0.2, -0.15) is 13.2 Å². The minimum absolute atomic E-state index is 0.0872. The van der Waals surface area contributed by atoms with Crippen LogP contribution in [-0.4, -0.2) is 26.1 Å². The van der Waals surface area contributed by atoms with E-state index in [0.29, 0.717) is 18.2 Å². The number of carbonyl (C=O) groups excluding carboxylic acids is 1. The van der Waals surface area contributed by atoms with Gasteiger partial charge in [-0.3, -0.25) is 50.2 Å². The molecule has 0 saturated carbocycles. The van der Waals surface area contributed by atoms with Crippen LogP contribution in [0.4, 0.5) is 47.3 Å². The lowest BCUT2D eigenvalue weighted by atomic mass is 10.1. The van der Waals surface area contributed by atoms with Crippen molar-refractivity contribution in [2.24, 2.45) is 0 Å². The molecule has 1 amide bonds. The van der Waals surface area contributed by atoms with E-state index < -0.39 is 72.0 Å². The Morgan fingerprint density at radius 2 is 1.29 bits per heavy atom. The molecule has 0 saturated heterocycles. The maximum Gasteiger partial charge on any atom is 0.418 e. The normalized spacial score (nSPS) is 10.9. The number of nitrogens with zero attached hydrogens (tertiary/aromatic N) is 5. The van der Waals surface area contributed by atoms with Gasteiger partial charge >= 0.3 is 11.9 Å². The topological polar surface area (TPSA) is 193 Å². The summed E-state index contributed by atoms with van der Waals surface area (Å²) in [6, 6.07) is 1.53. The number of anilines is 2. The number of halogens is 3. The lowest BCUT2D eigenvalue weighted by Gasteiger charge is -2.21. The van der Waals surface area contributed by atoms with Crippen LogP contribution < -0.4 is 4.90 Å². The second-order valence-electron chi connectivity index (χ2n) is 5.54. The van der Waals surface area contributed by atoms with Crippen molar-refractivity contribution in [2.45, 2.75) is 6.18 Å². The molecule has 0 heterocycles. The van der Waals surface area contributed by atoms with Crippen molar-refractivity contribution in [1.29, 1.82) is 0 Å². The van der Waals surface area contributed by atoms with Gasteiger partial charge in [0.25, 0.3) is 17.1 Å². The summed E-state index contributed by atoms with van der Waals surface area (Å²) in [7, 11) is 0. The third-order valence-electron chi connectivity index (χ3n) is 3.76. The predicted molar refractivity (Wildman–Crippen MR) is 92.7 cm³/mol. The quantitative estimate of drug-likeness (QED) is 0.347. The minimum Gasteiger partial charge on any atom is -0.278 e. The zero-order chi connectivity index (χ0) is 23.7. The van der Waals surface area contributed by atoms with Gasteiger partial charge in [0.2, 0.25) is 6.41 Å².